The van der Waals surface area contributed by atoms with Gasteiger partial charge in [-0.3, -0.25) is 0 Å². The lowest BCUT2D eigenvalue weighted by Gasteiger charge is -2.20. The summed E-state index contributed by atoms with van der Waals surface area (Å²) in [5, 5.41) is 0. The third-order valence-corrected chi connectivity index (χ3v) is 7.16. The fourth-order valence-electron chi connectivity index (χ4n) is 2.75. The summed E-state index contributed by atoms with van der Waals surface area (Å²) in [7, 11) is -3.44. The summed E-state index contributed by atoms with van der Waals surface area (Å²) in [6, 6.07) is 3.59. The smallest absolute Gasteiger partial charge is 0.243 e. The molecule has 1 aliphatic rings. The number of sulfonamides is 1. The van der Waals surface area contributed by atoms with E-state index in [9.17, 15) is 8.42 Å². The van der Waals surface area contributed by atoms with Gasteiger partial charge in [0, 0.05) is 24.1 Å². The van der Waals surface area contributed by atoms with Crippen molar-refractivity contribution in [2.45, 2.75) is 38.6 Å². The molecule has 0 spiro atoms. The summed E-state index contributed by atoms with van der Waals surface area (Å²) >= 11 is 3.44. The molecule has 2 rings (SSSR count). The normalized spacial score (nSPS) is 20.4. The molecule has 1 aliphatic heterocycles. The molecule has 6 heteroatoms. The molecule has 1 aromatic carbocycles. The topological polar surface area (TPSA) is 63.4 Å². The largest absolute Gasteiger partial charge is 0.326 e. The zero-order valence-electron chi connectivity index (χ0n) is 12.8. The fraction of sp³-hybridized carbons (Fsp3) is 0.600. The van der Waals surface area contributed by atoms with Crippen LogP contribution in [0.25, 0.3) is 0 Å². The molecule has 0 saturated carbocycles. The minimum absolute atomic E-state index is 0.329. The molecule has 1 atom stereocenters. The Labute approximate surface area is 135 Å². The Morgan fingerprint density at radius 3 is 2.62 bits per heavy atom. The van der Waals surface area contributed by atoms with E-state index in [2.05, 4.69) is 29.8 Å². The second-order valence-electron chi connectivity index (χ2n) is 6.06. The number of hydrogen-bond donors (Lipinski definition) is 1. The summed E-state index contributed by atoms with van der Waals surface area (Å²) in [5.41, 5.74) is 7.24. The molecule has 1 aromatic rings. The van der Waals surface area contributed by atoms with Crippen molar-refractivity contribution < 1.29 is 8.42 Å². The van der Waals surface area contributed by atoms with Crippen LogP contribution in [0.1, 0.15) is 31.4 Å². The second-order valence-corrected chi connectivity index (χ2v) is 8.82. The Hall–Kier alpha value is -0.430. The van der Waals surface area contributed by atoms with E-state index in [4.69, 9.17) is 5.73 Å². The molecule has 2 N–H and O–H groups in total. The molecule has 1 saturated heterocycles. The quantitative estimate of drug-likeness (QED) is 0.880. The monoisotopic (exact) mass is 374 g/mol. The van der Waals surface area contributed by atoms with Gasteiger partial charge in [-0.05, 0) is 48.4 Å². The fourth-order valence-corrected chi connectivity index (χ4v) is 5.20. The van der Waals surface area contributed by atoms with Gasteiger partial charge in [-0.2, -0.15) is 4.31 Å². The molecule has 0 radical (unpaired) electrons. The Kier molecular flexibility index (Phi) is 5.13. The van der Waals surface area contributed by atoms with Gasteiger partial charge in [0.05, 0.1) is 4.90 Å². The number of benzene rings is 1. The first-order chi connectivity index (χ1) is 9.77. The average Bonchev–Trinajstić information content (AvgIpc) is 2.92. The summed E-state index contributed by atoms with van der Waals surface area (Å²) in [4.78, 5) is 0.377. The van der Waals surface area contributed by atoms with Crippen LogP contribution in [0.3, 0.4) is 0 Å². The first-order valence-electron chi connectivity index (χ1n) is 7.26. The Morgan fingerprint density at radius 1 is 1.43 bits per heavy atom. The molecule has 1 heterocycles. The molecule has 118 valence electrons. The van der Waals surface area contributed by atoms with Gasteiger partial charge in [0.1, 0.15) is 0 Å². The highest BCUT2D eigenvalue weighted by molar-refractivity contribution is 9.10. The van der Waals surface area contributed by atoms with Crippen LogP contribution in [0.5, 0.6) is 0 Å². The summed E-state index contributed by atoms with van der Waals surface area (Å²) in [5.74, 6) is 0.953. The third-order valence-electron chi connectivity index (χ3n) is 4.34. The minimum Gasteiger partial charge on any atom is -0.326 e. The van der Waals surface area contributed by atoms with E-state index in [1.54, 1.807) is 10.4 Å². The van der Waals surface area contributed by atoms with Crippen molar-refractivity contribution in [2.24, 2.45) is 17.6 Å². The Balaban J connectivity index is 2.39. The van der Waals surface area contributed by atoms with Crippen molar-refractivity contribution in [3.63, 3.8) is 0 Å². The molecular weight excluding hydrogens is 352 g/mol. The number of rotatable bonds is 4. The van der Waals surface area contributed by atoms with Crippen molar-refractivity contribution in [1.82, 2.24) is 4.31 Å². The van der Waals surface area contributed by atoms with Gasteiger partial charge in [0.15, 0.2) is 0 Å². The van der Waals surface area contributed by atoms with Crippen LogP contribution < -0.4 is 5.73 Å². The maximum absolute atomic E-state index is 12.9. The van der Waals surface area contributed by atoms with Crippen LogP contribution in [-0.2, 0) is 16.6 Å². The molecule has 1 fully saturated rings. The van der Waals surface area contributed by atoms with Crippen LogP contribution in [0.2, 0.25) is 0 Å². The van der Waals surface area contributed by atoms with Crippen molar-refractivity contribution in [2.75, 3.05) is 13.1 Å². The average molecular weight is 375 g/mol. The summed E-state index contributed by atoms with van der Waals surface area (Å²) in [6.45, 7) is 7.68. The lowest BCUT2D eigenvalue weighted by atomic mass is 9.96. The van der Waals surface area contributed by atoms with Gasteiger partial charge in [-0.1, -0.05) is 29.8 Å². The maximum Gasteiger partial charge on any atom is 0.243 e. The minimum atomic E-state index is -3.44. The predicted molar refractivity (Wildman–Crippen MR) is 88.5 cm³/mol. The third kappa shape index (κ3) is 3.33. The van der Waals surface area contributed by atoms with Crippen LogP contribution >= 0.6 is 15.9 Å². The Morgan fingerprint density at radius 2 is 2.10 bits per heavy atom. The summed E-state index contributed by atoms with van der Waals surface area (Å²) in [6.07, 6.45) is 0.938. The number of nitrogens with two attached hydrogens (primary N) is 1. The molecule has 0 bridgehead atoms. The Bertz CT molecular complexity index is 629. The van der Waals surface area contributed by atoms with Crippen LogP contribution in [-0.4, -0.2) is 25.8 Å². The number of halogens is 1. The SMILES string of the molecule is Cc1c(Br)cc(CN)cc1S(=O)(=O)N1CCC(C(C)C)C1. The van der Waals surface area contributed by atoms with E-state index in [1.807, 2.05) is 13.0 Å². The van der Waals surface area contributed by atoms with E-state index in [0.29, 0.717) is 36.4 Å². The number of nitrogens with zero attached hydrogens (tertiary/aromatic N) is 1. The lowest BCUT2D eigenvalue weighted by molar-refractivity contribution is 0.388. The van der Waals surface area contributed by atoms with Crippen molar-refractivity contribution in [3.05, 3.63) is 27.7 Å². The lowest BCUT2D eigenvalue weighted by Crippen LogP contribution is -2.30. The molecule has 0 aromatic heterocycles. The van der Waals surface area contributed by atoms with Gasteiger partial charge >= 0.3 is 0 Å². The van der Waals surface area contributed by atoms with E-state index in [1.165, 1.54) is 0 Å². The second kappa shape index (κ2) is 6.36. The molecule has 4 nitrogen and oxygen atoms in total. The highest BCUT2D eigenvalue weighted by Crippen LogP contribution is 2.32. The molecule has 21 heavy (non-hydrogen) atoms. The van der Waals surface area contributed by atoms with Gasteiger partial charge in [0.25, 0.3) is 0 Å². The molecule has 0 amide bonds. The first-order valence-corrected chi connectivity index (χ1v) is 9.50. The summed E-state index contributed by atoms with van der Waals surface area (Å²) < 4.78 is 28.2. The maximum atomic E-state index is 12.9. The van der Waals surface area contributed by atoms with Crippen LogP contribution in [0, 0.1) is 18.8 Å². The number of hydrogen-bond acceptors (Lipinski definition) is 3. The van der Waals surface area contributed by atoms with Gasteiger partial charge in [-0.15, -0.1) is 0 Å². The zero-order valence-corrected chi connectivity index (χ0v) is 15.2. The van der Waals surface area contributed by atoms with Gasteiger partial charge in [0.2, 0.25) is 10.0 Å². The zero-order chi connectivity index (χ0) is 15.8. The highest BCUT2D eigenvalue weighted by atomic mass is 79.9. The van der Waals surface area contributed by atoms with Crippen LogP contribution in [0.4, 0.5) is 0 Å². The van der Waals surface area contributed by atoms with E-state index < -0.39 is 10.0 Å². The highest BCUT2D eigenvalue weighted by Gasteiger charge is 2.34. The van der Waals surface area contributed by atoms with Crippen molar-refractivity contribution >= 4 is 26.0 Å². The predicted octanol–water partition coefficient (Wildman–Crippen LogP) is 2.88. The van der Waals surface area contributed by atoms with Crippen LogP contribution in [0.15, 0.2) is 21.5 Å². The van der Waals surface area contributed by atoms with Crippen molar-refractivity contribution in [3.8, 4) is 0 Å². The van der Waals surface area contributed by atoms with E-state index in [-0.39, 0.29) is 0 Å². The molecule has 1 unspecified atom stereocenters. The van der Waals surface area contributed by atoms with Gasteiger partial charge in [-0.25, -0.2) is 8.42 Å². The van der Waals surface area contributed by atoms with E-state index in [0.717, 1.165) is 22.0 Å². The van der Waals surface area contributed by atoms with Gasteiger partial charge < -0.3 is 5.73 Å². The molecular formula is C15H23BrN2O2S. The molecule has 0 aliphatic carbocycles. The standard InChI is InChI=1S/C15H23BrN2O2S/c1-10(2)13-4-5-18(9-13)21(19,20)15-7-12(8-17)6-14(16)11(15)3/h6-7,10,13H,4-5,8-9,17H2,1-3H3. The first kappa shape index (κ1) is 16.9. The van der Waals surface area contributed by atoms with E-state index >= 15 is 0 Å². The van der Waals surface area contributed by atoms with Crippen molar-refractivity contribution in [1.29, 1.82) is 0 Å².